The molecule has 1 aliphatic rings. The summed E-state index contributed by atoms with van der Waals surface area (Å²) in [7, 11) is 1.43. The number of hydrogen-bond donors (Lipinski definition) is 1. The van der Waals surface area contributed by atoms with E-state index in [4.69, 9.17) is 9.47 Å². The molecule has 0 aliphatic carbocycles. The van der Waals surface area contributed by atoms with E-state index in [1.54, 1.807) is 0 Å². The molecule has 5 nitrogen and oxygen atoms in total. The lowest BCUT2D eigenvalue weighted by atomic mass is 10.1. The van der Waals surface area contributed by atoms with Crippen LogP contribution in [0.25, 0.3) is 0 Å². The summed E-state index contributed by atoms with van der Waals surface area (Å²) < 4.78 is 10.3. The predicted octanol–water partition coefficient (Wildman–Crippen LogP) is 0.248. The zero-order valence-electron chi connectivity index (χ0n) is 11.1. The molecule has 0 aromatic rings. The Kier molecular flexibility index (Phi) is 6.47. The summed E-state index contributed by atoms with van der Waals surface area (Å²) in [5.41, 5.74) is 0. The van der Waals surface area contributed by atoms with Gasteiger partial charge >= 0.3 is 5.97 Å². The summed E-state index contributed by atoms with van der Waals surface area (Å²) in [5, 5.41) is 3.17. The Morgan fingerprint density at radius 2 is 2.35 bits per heavy atom. The van der Waals surface area contributed by atoms with Gasteiger partial charge < -0.3 is 14.8 Å². The summed E-state index contributed by atoms with van der Waals surface area (Å²) in [6, 6.07) is 0.173. The normalized spacial score (nSPS) is 23.4. The van der Waals surface area contributed by atoms with Crippen molar-refractivity contribution in [1.82, 2.24) is 10.2 Å². The molecule has 5 heteroatoms. The monoisotopic (exact) mass is 244 g/mol. The van der Waals surface area contributed by atoms with Crippen LogP contribution in [0.15, 0.2) is 0 Å². The van der Waals surface area contributed by atoms with Crippen LogP contribution >= 0.6 is 0 Å². The number of hydrogen-bond acceptors (Lipinski definition) is 5. The second kappa shape index (κ2) is 7.63. The smallest absolute Gasteiger partial charge is 0.324 e. The number of rotatable bonds is 6. The van der Waals surface area contributed by atoms with E-state index in [-0.39, 0.29) is 12.0 Å². The molecule has 0 spiro atoms. The fourth-order valence-electron chi connectivity index (χ4n) is 2.15. The predicted molar refractivity (Wildman–Crippen MR) is 66.0 cm³/mol. The van der Waals surface area contributed by atoms with Gasteiger partial charge in [0.15, 0.2) is 0 Å². The summed E-state index contributed by atoms with van der Waals surface area (Å²) in [5.74, 6) is -0.187. The molecule has 1 fully saturated rings. The Bertz CT molecular complexity index is 236. The van der Waals surface area contributed by atoms with Crippen LogP contribution in [0.3, 0.4) is 0 Å². The van der Waals surface area contributed by atoms with E-state index in [0.29, 0.717) is 12.6 Å². The third-order valence-electron chi connectivity index (χ3n) is 3.17. The Hall–Kier alpha value is -0.650. The summed E-state index contributed by atoms with van der Waals surface area (Å²) >= 11 is 0. The Morgan fingerprint density at radius 3 is 2.94 bits per heavy atom. The topological polar surface area (TPSA) is 50.8 Å². The van der Waals surface area contributed by atoms with Gasteiger partial charge in [0.25, 0.3) is 0 Å². The van der Waals surface area contributed by atoms with Gasteiger partial charge in [-0.3, -0.25) is 9.69 Å². The highest BCUT2D eigenvalue weighted by molar-refractivity contribution is 5.75. The standard InChI is InChI=1S/C12H24N2O3/c1-4-10-9-17-7-6-14(10)8-11(13-5-2)12(15)16-3/h10-11,13H,4-9H2,1-3H3. The molecule has 17 heavy (non-hydrogen) atoms. The van der Waals surface area contributed by atoms with E-state index in [2.05, 4.69) is 17.1 Å². The minimum absolute atomic E-state index is 0.187. The second-order valence-electron chi connectivity index (χ2n) is 4.27. The van der Waals surface area contributed by atoms with E-state index >= 15 is 0 Å². The number of carbonyl (C=O) groups is 1. The van der Waals surface area contributed by atoms with E-state index in [1.165, 1.54) is 7.11 Å². The van der Waals surface area contributed by atoms with Gasteiger partial charge in [-0.25, -0.2) is 0 Å². The molecule has 1 aliphatic heterocycles. The van der Waals surface area contributed by atoms with E-state index in [1.807, 2.05) is 6.92 Å². The molecule has 1 heterocycles. The van der Waals surface area contributed by atoms with Gasteiger partial charge in [0.2, 0.25) is 0 Å². The maximum atomic E-state index is 11.6. The third kappa shape index (κ3) is 4.26. The third-order valence-corrected chi connectivity index (χ3v) is 3.17. The molecule has 0 aromatic heterocycles. The van der Waals surface area contributed by atoms with Crippen LogP contribution in [0, 0.1) is 0 Å². The molecule has 1 rings (SSSR count). The van der Waals surface area contributed by atoms with Crippen LogP contribution in [-0.4, -0.2) is 62.9 Å². The quantitative estimate of drug-likeness (QED) is 0.679. The number of carbonyl (C=O) groups excluding carboxylic acids is 1. The Balaban J connectivity index is 2.54. The molecule has 0 saturated carbocycles. The fourth-order valence-corrected chi connectivity index (χ4v) is 2.15. The van der Waals surface area contributed by atoms with E-state index in [9.17, 15) is 4.79 Å². The number of esters is 1. The highest BCUT2D eigenvalue weighted by Gasteiger charge is 2.27. The maximum absolute atomic E-state index is 11.6. The van der Waals surface area contributed by atoms with Crippen molar-refractivity contribution in [3.63, 3.8) is 0 Å². The number of likely N-dealkylation sites (N-methyl/N-ethyl adjacent to an activating group) is 1. The number of ether oxygens (including phenoxy) is 2. The summed E-state index contributed by atoms with van der Waals surface area (Å²) in [6.07, 6.45) is 1.04. The first kappa shape index (κ1) is 14.4. The van der Waals surface area contributed by atoms with E-state index < -0.39 is 0 Å². The van der Waals surface area contributed by atoms with Crippen LogP contribution < -0.4 is 5.32 Å². The maximum Gasteiger partial charge on any atom is 0.324 e. The lowest BCUT2D eigenvalue weighted by molar-refractivity contribution is -0.144. The van der Waals surface area contributed by atoms with Gasteiger partial charge in [0.05, 0.1) is 20.3 Å². The molecule has 0 bridgehead atoms. The molecule has 0 radical (unpaired) electrons. The van der Waals surface area contributed by atoms with Crippen molar-refractivity contribution in [2.24, 2.45) is 0 Å². The molecular weight excluding hydrogens is 220 g/mol. The van der Waals surface area contributed by atoms with Crippen LogP contribution in [0.5, 0.6) is 0 Å². The molecule has 1 saturated heterocycles. The fraction of sp³-hybridized carbons (Fsp3) is 0.917. The molecular formula is C12H24N2O3. The van der Waals surface area contributed by atoms with Gasteiger partial charge in [-0.2, -0.15) is 0 Å². The van der Waals surface area contributed by atoms with Crippen LogP contribution in [0.4, 0.5) is 0 Å². The summed E-state index contributed by atoms with van der Waals surface area (Å²) in [6.45, 7) is 7.99. The molecule has 0 amide bonds. The van der Waals surface area contributed by atoms with Gasteiger partial charge in [-0.1, -0.05) is 13.8 Å². The zero-order chi connectivity index (χ0) is 12.7. The van der Waals surface area contributed by atoms with Crippen molar-refractivity contribution in [3.05, 3.63) is 0 Å². The Labute approximate surface area is 103 Å². The number of methoxy groups -OCH3 is 1. The average Bonchev–Trinajstić information content (AvgIpc) is 2.38. The van der Waals surface area contributed by atoms with Gasteiger partial charge in [-0.15, -0.1) is 0 Å². The van der Waals surface area contributed by atoms with Crippen LogP contribution in [0.1, 0.15) is 20.3 Å². The van der Waals surface area contributed by atoms with Crippen LogP contribution in [0.2, 0.25) is 0 Å². The number of nitrogens with zero attached hydrogens (tertiary/aromatic N) is 1. The molecule has 1 N–H and O–H groups in total. The lowest BCUT2D eigenvalue weighted by Crippen LogP contribution is -2.53. The highest BCUT2D eigenvalue weighted by Crippen LogP contribution is 2.11. The number of nitrogens with one attached hydrogen (secondary N) is 1. The van der Waals surface area contributed by atoms with Gasteiger partial charge in [0, 0.05) is 19.1 Å². The Morgan fingerprint density at radius 1 is 1.59 bits per heavy atom. The number of morpholine rings is 1. The SMILES string of the molecule is CCNC(CN1CCOCC1CC)C(=O)OC. The molecule has 0 aromatic carbocycles. The molecule has 2 unspecified atom stereocenters. The van der Waals surface area contributed by atoms with Gasteiger partial charge in [0.1, 0.15) is 6.04 Å². The van der Waals surface area contributed by atoms with Crippen molar-refractivity contribution in [1.29, 1.82) is 0 Å². The first-order valence-electron chi connectivity index (χ1n) is 6.35. The minimum atomic E-state index is -0.239. The average molecular weight is 244 g/mol. The second-order valence-corrected chi connectivity index (χ2v) is 4.27. The first-order valence-corrected chi connectivity index (χ1v) is 6.35. The minimum Gasteiger partial charge on any atom is -0.468 e. The molecule has 2 atom stereocenters. The van der Waals surface area contributed by atoms with Crippen LogP contribution in [-0.2, 0) is 14.3 Å². The first-order chi connectivity index (χ1) is 8.22. The van der Waals surface area contributed by atoms with E-state index in [0.717, 1.165) is 32.7 Å². The lowest BCUT2D eigenvalue weighted by Gasteiger charge is -2.36. The summed E-state index contributed by atoms with van der Waals surface area (Å²) in [4.78, 5) is 13.9. The van der Waals surface area contributed by atoms with Crippen molar-refractivity contribution in [3.8, 4) is 0 Å². The highest BCUT2D eigenvalue weighted by atomic mass is 16.5. The van der Waals surface area contributed by atoms with Crippen molar-refractivity contribution in [2.45, 2.75) is 32.4 Å². The zero-order valence-corrected chi connectivity index (χ0v) is 11.1. The molecule has 100 valence electrons. The largest absolute Gasteiger partial charge is 0.468 e. The van der Waals surface area contributed by atoms with Gasteiger partial charge in [-0.05, 0) is 13.0 Å². The van der Waals surface area contributed by atoms with Crippen molar-refractivity contribution < 1.29 is 14.3 Å². The van der Waals surface area contributed by atoms with Crippen molar-refractivity contribution >= 4 is 5.97 Å². The van der Waals surface area contributed by atoms with Crippen molar-refractivity contribution in [2.75, 3.05) is 40.0 Å².